The van der Waals surface area contributed by atoms with E-state index < -0.39 is 52.3 Å². The van der Waals surface area contributed by atoms with Crippen molar-refractivity contribution in [2.75, 3.05) is 5.43 Å². The SMILES string of the molecule is O=C(NNc1ncccn1)c1ccc(C(F)=CC(c2ccc(Br)c(Cl)c2)C(F)(F)F)cc1C(F)(F)F. The van der Waals surface area contributed by atoms with Crippen molar-refractivity contribution in [1.29, 1.82) is 0 Å². The lowest BCUT2D eigenvalue weighted by Crippen LogP contribution is -2.32. The van der Waals surface area contributed by atoms with Crippen LogP contribution in [-0.4, -0.2) is 22.1 Å². The number of allylic oxidation sites excluding steroid dienone is 1. The van der Waals surface area contributed by atoms with E-state index in [4.69, 9.17) is 11.6 Å². The molecule has 1 amide bonds. The normalized spacial score (nSPS) is 13.3. The van der Waals surface area contributed by atoms with Gasteiger partial charge in [-0.15, -0.1) is 0 Å². The zero-order chi connectivity index (χ0) is 26.7. The highest BCUT2D eigenvalue weighted by Gasteiger charge is 2.40. The molecule has 1 heterocycles. The van der Waals surface area contributed by atoms with Gasteiger partial charge in [0.05, 0.1) is 16.1 Å². The van der Waals surface area contributed by atoms with Crippen molar-refractivity contribution in [1.82, 2.24) is 15.4 Å². The number of carbonyl (C=O) groups excluding carboxylic acids is 1. The molecule has 0 radical (unpaired) electrons. The molecule has 2 N–H and O–H groups in total. The number of aromatic nitrogens is 2. The molecule has 0 bridgehead atoms. The number of benzene rings is 2. The molecule has 0 aliphatic heterocycles. The van der Waals surface area contributed by atoms with Gasteiger partial charge in [0.2, 0.25) is 5.95 Å². The molecule has 5 nitrogen and oxygen atoms in total. The standard InChI is InChI=1S/C22H13BrClF7N4O/c23-16-5-3-11(9-17(16)24)14(21(26,27)28)10-18(25)12-2-4-13(15(8-12)22(29,30)31)19(36)34-35-20-32-6-1-7-33-20/h1-10,14H,(H,34,36)(H,32,33,35). The molecular formula is C22H13BrClF7N4O. The molecule has 1 atom stereocenters. The maximum atomic E-state index is 14.9. The monoisotopic (exact) mass is 596 g/mol. The van der Waals surface area contributed by atoms with Crippen LogP contribution in [0.5, 0.6) is 0 Å². The number of carbonyl (C=O) groups is 1. The van der Waals surface area contributed by atoms with E-state index in [2.05, 4.69) is 31.3 Å². The summed E-state index contributed by atoms with van der Waals surface area (Å²) in [5.74, 6) is -5.46. The van der Waals surface area contributed by atoms with Crippen LogP contribution in [-0.2, 0) is 6.18 Å². The van der Waals surface area contributed by atoms with Gasteiger partial charge >= 0.3 is 12.4 Å². The zero-order valence-electron chi connectivity index (χ0n) is 17.6. The molecule has 36 heavy (non-hydrogen) atoms. The second kappa shape index (κ2) is 10.8. The molecule has 3 rings (SSSR count). The second-order valence-electron chi connectivity index (χ2n) is 7.12. The molecule has 0 spiro atoms. The Kier molecular flexibility index (Phi) is 8.24. The first kappa shape index (κ1) is 27.4. The quantitative estimate of drug-likeness (QED) is 0.231. The molecule has 1 unspecified atom stereocenters. The third-order valence-corrected chi connectivity index (χ3v) is 5.90. The van der Waals surface area contributed by atoms with Gasteiger partial charge in [0.25, 0.3) is 5.91 Å². The van der Waals surface area contributed by atoms with Crippen LogP contribution in [0, 0.1) is 0 Å². The van der Waals surface area contributed by atoms with Gasteiger partial charge in [-0.25, -0.2) is 14.4 Å². The van der Waals surface area contributed by atoms with Crippen molar-refractivity contribution < 1.29 is 35.5 Å². The van der Waals surface area contributed by atoms with Gasteiger partial charge in [0.1, 0.15) is 11.7 Å². The van der Waals surface area contributed by atoms with E-state index in [1.54, 1.807) is 0 Å². The van der Waals surface area contributed by atoms with Crippen molar-refractivity contribution in [3.05, 3.63) is 92.7 Å². The number of nitrogens with zero attached hydrogens (tertiary/aromatic N) is 2. The summed E-state index contributed by atoms with van der Waals surface area (Å²) in [5, 5.41) is -0.0696. The Labute approximate surface area is 212 Å². The first-order valence-electron chi connectivity index (χ1n) is 9.71. The van der Waals surface area contributed by atoms with Crippen LogP contribution in [0.25, 0.3) is 5.83 Å². The number of anilines is 1. The van der Waals surface area contributed by atoms with Gasteiger partial charge in [-0.1, -0.05) is 23.7 Å². The fourth-order valence-electron chi connectivity index (χ4n) is 3.00. The molecule has 0 saturated heterocycles. The molecule has 0 aliphatic rings. The van der Waals surface area contributed by atoms with Crippen LogP contribution in [0.2, 0.25) is 5.02 Å². The van der Waals surface area contributed by atoms with E-state index in [-0.39, 0.29) is 23.1 Å². The van der Waals surface area contributed by atoms with Gasteiger partial charge in [-0.05, 0) is 57.9 Å². The minimum Gasteiger partial charge on any atom is -0.267 e. The number of nitrogens with one attached hydrogen (secondary N) is 2. The Morgan fingerprint density at radius 1 is 1.03 bits per heavy atom. The Hall–Kier alpha value is -3.19. The van der Waals surface area contributed by atoms with Crippen molar-refractivity contribution >= 4 is 45.2 Å². The highest BCUT2D eigenvalue weighted by Crippen LogP contribution is 2.41. The van der Waals surface area contributed by atoms with Crippen molar-refractivity contribution in [3.63, 3.8) is 0 Å². The number of hydrazine groups is 1. The van der Waals surface area contributed by atoms with Gasteiger partial charge in [0, 0.05) is 22.4 Å². The van der Waals surface area contributed by atoms with Crippen LogP contribution < -0.4 is 10.9 Å². The second-order valence-corrected chi connectivity index (χ2v) is 8.38. The average molecular weight is 598 g/mol. The number of rotatable bonds is 6. The highest BCUT2D eigenvalue weighted by atomic mass is 79.9. The van der Waals surface area contributed by atoms with E-state index in [1.807, 2.05) is 5.43 Å². The van der Waals surface area contributed by atoms with Crippen molar-refractivity contribution in [2.45, 2.75) is 18.3 Å². The molecule has 3 aromatic rings. The molecule has 14 heteroatoms. The third kappa shape index (κ3) is 6.72. The summed E-state index contributed by atoms with van der Waals surface area (Å²) in [6, 6.07) is 6.36. The smallest absolute Gasteiger partial charge is 0.267 e. The Morgan fingerprint density at radius 2 is 1.69 bits per heavy atom. The number of amides is 1. The number of hydrogen-bond acceptors (Lipinski definition) is 4. The van der Waals surface area contributed by atoms with Crippen molar-refractivity contribution in [3.8, 4) is 0 Å². The van der Waals surface area contributed by atoms with Crippen LogP contribution in [0.1, 0.15) is 33.0 Å². The topological polar surface area (TPSA) is 66.9 Å². The zero-order valence-corrected chi connectivity index (χ0v) is 19.9. The third-order valence-electron chi connectivity index (χ3n) is 4.67. The Bertz CT molecular complexity index is 1280. The maximum Gasteiger partial charge on any atom is 0.417 e. The molecule has 2 aromatic carbocycles. The van der Waals surface area contributed by atoms with E-state index in [0.29, 0.717) is 10.5 Å². The van der Waals surface area contributed by atoms with Gasteiger partial charge in [-0.2, -0.15) is 26.3 Å². The lowest BCUT2D eigenvalue weighted by atomic mass is 9.95. The van der Waals surface area contributed by atoms with Gasteiger partial charge in [0.15, 0.2) is 0 Å². The minimum absolute atomic E-state index is 0.0696. The van der Waals surface area contributed by atoms with E-state index in [9.17, 15) is 35.5 Å². The number of halogens is 9. The lowest BCUT2D eigenvalue weighted by Gasteiger charge is -2.19. The van der Waals surface area contributed by atoms with Crippen LogP contribution in [0.4, 0.5) is 36.7 Å². The van der Waals surface area contributed by atoms with E-state index in [1.165, 1.54) is 24.5 Å². The summed E-state index contributed by atoms with van der Waals surface area (Å²) in [6.07, 6.45) is -7.35. The van der Waals surface area contributed by atoms with Crippen molar-refractivity contribution in [2.24, 2.45) is 0 Å². The average Bonchev–Trinajstić information content (AvgIpc) is 2.81. The molecule has 0 fully saturated rings. The largest absolute Gasteiger partial charge is 0.417 e. The van der Waals surface area contributed by atoms with E-state index >= 15 is 0 Å². The molecular weight excluding hydrogens is 585 g/mol. The summed E-state index contributed by atoms with van der Waals surface area (Å²) >= 11 is 8.87. The van der Waals surface area contributed by atoms with E-state index in [0.717, 1.165) is 18.2 Å². The predicted molar refractivity (Wildman–Crippen MR) is 122 cm³/mol. The molecule has 1 aromatic heterocycles. The van der Waals surface area contributed by atoms with Crippen LogP contribution in [0.15, 0.2) is 65.4 Å². The van der Waals surface area contributed by atoms with Crippen LogP contribution in [0.3, 0.4) is 0 Å². The maximum absolute atomic E-state index is 14.9. The molecule has 0 saturated carbocycles. The summed E-state index contributed by atoms with van der Waals surface area (Å²) < 4.78 is 97.1. The summed E-state index contributed by atoms with van der Waals surface area (Å²) in [7, 11) is 0. The predicted octanol–water partition coefficient (Wildman–Crippen LogP) is 7.32. The summed E-state index contributed by atoms with van der Waals surface area (Å²) in [6.45, 7) is 0. The fourth-order valence-corrected chi connectivity index (χ4v) is 3.43. The first-order chi connectivity index (χ1) is 16.8. The molecule has 0 aliphatic carbocycles. The number of hydrogen-bond donors (Lipinski definition) is 2. The first-order valence-corrected chi connectivity index (χ1v) is 10.9. The fraction of sp³-hybridized carbons (Fsp3) is 0.136. The van der Waals surface area contributed by atoms with Crippen LogP contribution >= 0.6 is 27.5 Å². The lowest BCUT2D eigenvalue weighted by molar-refractivity contribution is -0.140. The Balaban J connectivity index is 1.96. The summed E-state index contributed by atoms with van der Waals surface area (Å²) in [5.41, 5.74) is 0.483. The Morgan fingerprint density at radius 3 is 2.28 bits per heavy atom. The highest BCUT2D eigenvalue weighted by molar-refractivity contribution is 9.10. The molecule has 190 valence electrons. The number of alkyl halides is 6. The van der Waals surface area contributed by atoms with Gasteiger partial charge in [-0.3, -0.25) is 15.6 Å². The summed E-state index contributed by atoms with van der Waals surface area (Å²) in [4.78, 5) is 19.8. The minimum atomic E-state index is -5.13. The van der Waals surface area contributed by atoms with Gasteiger partial charge < -0.3 is 0 Å².